The molecular weight excluding hydrogens is 454 g/mol. The molecule has 1 heterocycles. The van der Waals surface area contributed by atoms with E-state index in [1.54, 1.807) is 8.70 Å². The third-order valence-electron chi connectivity index (χ3n) is 4.34. The molecule has 1 aliphatic heterocycles. The molecule has 1 aliphatic rings. The number of hydrogen-bond donors (Lipinski definition) is 0. The summed E-state index contributed by atoms with van der Waals surface area (Å²) < 4.78 is 3.59. The Morgan fingerprint density at radius 2 is 1.08 bits per heavy atom. The molecule has 2 aromatic carbocycles. The van der Waals surface area contributed by atoms with E-state index in [4.69, 9.17) is 0 Å². The van der Waals surface area contributed by atoms with Gasteiger partial charge in [-0.1, -0.05) is 0 Å². The van der Waals surface area contributed by atoms with Crippen molar-refractivity contribution in [2.75, 3.05) is 11.5 Å². The van der Waals surface area contributed by atoms with E-state index in [0.29, 0.717) is 0 Å². The fraction of sp³-hybridized carbons (Fsp3) is 0.400. The van der Waals surface area contributed by atoms with Gasteiger partial charge in [0, 0.05) is 0 Å². The van der Waals surface area contributed by atoms with Crippen LogP contribution < -0.4 is 8.70 Å². The standard InChI is InChI=1S/C20H26As2S2/c1-21-13-7-15-23-19-11-5-6-12-20(19)24-16-8-14-22(2)18-10-4-3-9-17(18)21/h3-6,9-12H,7-8,13-16H2,1-2H3. The van der Waals surface area contributed by atoms with Gasteiger partial charge in [-0.3, -0.25) is 0 Å². The third kappa shape index (κ3) is 5.13. The van der Waals surface area contributed by atoms with Crippen molar-refractivity contribution in [3.63, 3.8) is 0 Å². The fourth-order valence-corrected chi connectivity index (χ4v) is 16.8. The van der Waals surface area contributed by atoms with Crippen LogP contribution in [0.5, 0.6) is 0 Å². The van der Waals surface area contributed by atoms with Gasteiger partial charge >= 0.3 is 166 Å². The number of benzene rings is 2. The zero-order valence-electron chi connectivity index (χ0n) is 14.6. The Kier molecular flexibility index (Phi) is 7.78. The van der Waals surface area contributed by atoms with Gasteiger partial charge in [-0.2, -0.15) is 0 Å². The van der Waals surface area contributed by atoms with E-state index in [2.05, 4.69) is 83.5 Å². The predicted octanol–water partition coefficient (Wildman–Crippen LogP) is 5.03. The molecule has 0 saturated heterocycles. The SMILES string of the molecule is C[As]1CCCSc2ccccc2SCCC[As](C)c2ccccc21. The summed E-state index contributed by atoms with van der Waals surface area (Å²) in [5.41, 5.74) is 5.16. The summed E-state index contributed by atoms with van der Waals surface area (Å²) in [6, 6.07) is 18.5. The summed E-state index contributed by atoms with van der Waals surface area (Å²) in [5, 5.41) is 2.91. The van der Waals surface area contributed by atoms with Crippen LogP contribution in [0, 0.1) is 0 Å². The third-order valence-corrected chi connectivity index (χ3v) is 16.9. The minimum atomic E-state index is -0.857. The molecule has 2 unspecified atom stereocenters. The van der Waals surface area contributed by atoms with Crippen molar-refractivity contribution in [3.8, 4) is 0 Å². The Labute approximate surface area is 165 Å². The molecule has 0 N–H and O–H groups in total. The van der Waals surface area contributed by atoms with Crippen LogP contribution in [0.1, 0.15) is 12.8 Å². The number of fused-ring (bicyclic) bond motifs is 2. The first-order valence-electron chi connectivity index (χ1n) is 8.61. The van der Waals surface area contributed by atoms with Crippen molar-refractivity contribution in [2.24, 2.45) is 0 Å². The molecule has 2 atom stereocenters. The van der Waals surface area contributed by atoms with E-state index >= 15 is 0 Å². The number of thioether (sulfide) groups is 2. The first-order valence-corrected chi connectivity index (χ1v) is 18.9. The van der Waals surface area contributed by atoms with Gasteiger partial charge in [0.25, 0.3) is 0 Å². The van der Waals surface area contributed by atoms with Crippen LogP contribution in [-0.4, -0.2) is 40.8 Å². The van der Waals surface area contributed by atoms with Gasteiger partial charge in [0.1, 0.15) is 0 Å². The van der Waals surface area contributed by atoms with Gasteiger partial charge in [-0.25, -0.2) is 0 Å². The summed E-state index contributed by atoms with van der Waals surface area (Å²) in [6.45, 7) is 0. The molecule has 0 radical (unpaired) electrons. The van der Waals surface area contributed by atoms with Crippen LogP contribution in [0.25, 0.3) is 0 Å². The molecule has 0 aliphatic carbocycles. The number of rotatable bonds is 0. The van der Waals surface area contributed by atoms with Gasteiger partial charge < -0.3 is 0 Å². The van der Waals surface area contributed by atoms with Crippen molar-refractivity contribution in [1.29, 1.82) is 0 Å². The first kappa shape index (κ1) is 19.0. The summed E-state index contributed by atoms with van der Waals surface area (Å²) >= 11 is 2.42. The van der Waals surface area contributed by atoms with E-state index in [9.17, 15) is 0 Å². The van der Waals surface area contributed by atoms with Gasteiger partial charge in [-0.05, 0) is 0 Å². The van der Waals surface area contributed by atoms with E-state index in [-0.39, 0.29) is 0 Å². The van der Waals surface area contributed by atoms with Crippen molar-refractivity contribution < 1.29 is 0 Å². The Balaban J connectivity index is 1.77. The van der Waals surface area contributed by atoms with Crippen LogP contribution in [0.15, 0.2) is 58.3 Å². The molecule has 0 spiro atoms. The molecule has 128 valence electrons. The quantitative estimate of drug-likeness (QED) is 0.486. The molecule has 0 nitrogen and oxygen atoms in total. The van der Waals surface area contributed by atoms with Gasteiger partial charge in [0.2, 0.25) is 0 Å². The summed E-state index contributed by atoms with van der Waals surface area (Å²) in [7, 11) is 0. The Morgan fingerprint density at radius 1 is 0.667 bits per heavy atom. The van der Waals surface area contributed by atoms with Crippen molar-refractivity contribution in [1.82, 2.24) is 0 Å². The zero-order chi connectivity index (χ0) is 16.8. The second-order valence-electron chi connectivity index (χ2n) is 6.18. The average Bonchev–Trinajstić information content (AvgIpc) is 2.62. The van der Waals surface area contributed by atoms with Crippen LogP contribution in [0.3, 0.4) is 0 Å². The second kappa shape index (κ2) is 9.82. The predicted molar refractivity (Wildman–Crippen MR) is 116 cm³/mol. The van der Waals surface area contributed by atoms with Gasteiger partial charge in [-0.15, -0.1) is 0 Å². The zero-order valence-corrected chi connectivity index (χ0v) is 20.0. The van der Waals surface area contributed by atoms with Crippen molar-refractivity contribution in [2.45, 2.75) is 44.5 Å². The van der Waals surface area contributed by atoms with E-state index < -0.39 is 29.3 Å². The second-order valence-corrected chi connectivity index (χ2v) is 18.2. The van der Waals surface area contributed by atoms with E-state index in [1.807, 2.05) is 0 Å². The van der Waals surface area contributed by atoms with Crippen LogP contribution in [0.2, 0.25) is 21.8 Å². The first-order chi connectivity index (χ1) is 11.8. The van der Waals surface area contributed by atoms with Crippen LogP contribution in [0.4, 0.5) is 0 Å². The fourth-order valence-electron chi connectivity index (χ4n) is 3.01. The van der Waals surface area contributed by atoms with Gasteiger partial charge in [0.05, 0.1) is 0 Å². The van der Waals surface area contributed by atoms with Gasteiger partial charge in [0.15, 0.2) is 0 Å². The topological polar surface area (TPSA) is 0 Å². The molecule has 0 saturated carbocycles. The van der Waals surface area contributed by atoms with E-state index in [0.717, 1.165) is 0 Å². The van der Waals surface area contributed by atoms with Crippen LogP contribution >= 0.6 is 23.5 Å². The van der Waals surface area contributed by atoms with Crippen molar-refractivity contribution in [3.05, 3.63) is 48.5 Å². The minimum absolute atomic E-state index is 0.857. The summed E-state index contributed by atoms with van der Waals surface area (Å²) in [4.78, 5) is 3.00. The molecule has 0 aromatic heterocycles. The monoisotopic (exact) mass is 480 g/mol. The number of hydrogen-bond acceptors (Lipinski definition) is 2. The molecule has 3 rings (SSSR count). The maximum absolute atomic E-state index is 2.58. The Bertz CT molecular complexity index is 604. The van der Waals surface area contributed by atoms with E-state index in [1.165, 1.54) is 44.6 Å². The normalized spacial score (nSPS) is 22.9. The molecule has 0 bridgehead atoms. The molecule has 0 fully saturated rings. The molecule has 0 amide bonds. The molecular formula is C20H26As2S2. The molecule has 24 heavy (non-hydrogen) atoms. The summed E-state index contributed by atoms with van der Waals surface area (Å²) in [6.07, 6.45) is 2.73. The maximum atomic E-state index is 2.58. The average molecular weight is 480 g/mol. The van der Waals surface area contributed by atoms with Crippen LogP contribution in [-0.2, 0) is 0 Å². The molecule has 2 aromatic rings. The molecule has 4 heteroatoms. The Hall–Kier alpha value is 0.257. The van der Waals surface area contributed by atoms with Crippen molar-refractivity contribution >= 4 is 61.5 Å². The Morgan fingerprint density at radius 3 is 1.54 bits per heavy atom. The summed E-state index contributed by atoms with van der Waals surface area (Å²) in [5.74, 6) is 2.54.